The Bertz CT molecular complexity index is 365. The van der Waals surface area contributed by atoms with Gasteiger partial charge in [-0.1, -0.05) is 24.3 Å². The van der Waals surface area contributed by atoms with E-state index in [4.69, 9.17) is 10.2 Å². The van der Waals surface area contributed by atoms with Gasteiger partial charge in [-0.3, -0.25) is 4.79 Å². The summed E-state index contributed by atoms with van der Waals surface area (Å²) < 4.78 is 0. The lowest BCUT2D eigenvalue weighted by atomic mass is 10.0. The average molecular weight is 237 g/mol. The molecule has 0 saturated heterocycles. The Morgan fingerprint density at radius 3 is 2.59 bits per heavy atom. The van der Waals surface area contributed by atoms with Crippen molar-refractivity contribution in [2.45, 2.75) is 32.4 Å². The molecule has 1 atom stereocenters. The van der Waals surface area contributed by atoms with Gasteiger partial charge in [0.05, 0.1) is 6.42 Å². The highest BCUT2D eigenvalue weighted by molar-refractivity contribution is 5.70. The van der Waals surface area contributed by atoms with E-state index in [0.29, 0.717) is 13.0 Å². The van der Waals surface area contributed by atoms with Crippen molar-refractivity contribution in [1.29, 1.82) is 0 Å². The van der Waals surface area contributed by atoms with Gasteiger partial charge in [0, 0.05) is 19.2 Å². The molecule has 1 aromatic rings. The van der Waals surface area contributed by atoms with E-state index in [-0.39, 0.29) is 19.1 Å². The molecule has 0 amide bonds. The zero-order valence-electron chi connectivity index (χ0n) is 10.0. The van der Waals surface area contributed by atoms with Crippen LogP contribution in [0.5, 0.6) is 0 Å². The van der Waals surface area contributed by atoms with Gasteiger partial charge in [-0.25, -0.2) is 0 Å². The van der Waals surface area contributed by atoms with Crippen LogP contribution in [0.3, 0.4) is 0 Å². The molecule has 94 valence electrons. The first kappa shape index (κ1) is 13.7. The normalized spacial score (nSPS) is 12.4. The Balaban J connectivity index is 2.60. The molecule has 4 nitrogen and oxygen atoms in total. The Hall–Kier alpha value is -1.39. The van der Waals surface area contributed by atoms with Crippen molar-refractivity contribution in [2.75, 3.05) is 6.61 Å². The first-order valence-electron chi connectivity index (χ1n) is 5.76. The van der Waals surface area contributed by atoms with Crippen molar-refractivity contribution in [3.05, 3.63) is 35.4 Å². The lowest BCUT2D eigenvalue weighted by Gasteiger charge is -2.14. The molecule has 17 heavy (non-hydrogen) atoms. The van der Waals surface area contributed by atoms with Crippen LogP contribution in [0.1, 0.15) is 24.5 Å². The zero-order chi connectivity index (χ0) is 12.7. The van der Waals surface area contributed by atoms with Gasteiger partial charge in [-0.05, 0) is 24.5 Å². The third kappa shape index (κ3) is 4.97. The highest BCUT2D eigenvalue weighted by atomic mass is 16.4. The Morgan fingerprint density at radius 2 is 2.00 bits per heavy atom. The summed E-state index contributed by atoms with van der Waals surface area (Å²) in [6.07, 6.45) is 0.743. The first-order chi connectivity index (χ1) is 8.13. The summed E-state index contributed by atoms with van der Waals surface area (Å²) in [5, 5.41) is 20.8. The molecule has 0 heterocycles. The fraction of sp³-hybridized carbons (Fsp3) is 0.462. The minimum Gasteiger partial charge on any atom is -0.481 e. The number of carboxylic acids is 1. The summed E-state index contributed by atoms with van der Waals surface area (Å²) in [7, 11) is 0. The van der Waals surface area contributed by atoms with Crippen molar-refractivity contribution in [3.8, 4) is 0 Å². The van der Waals surface area contributed by atoms with Crippen molar-refractivity contribution in [1.82, 2.24) is 5.32 Å². The van der Waals surface area contributed by atoms with Gasteiger partial charge in [0.1, 0.15) is 0 Å². The highest BCUT2D eigenvalue weighted by Gasteiger charge is 2.07. The van der Waals surface area contributed by atoms with Crippen molar-refractivity contribution >= 4 is 5.97 Å². The summed E-state index contributed by atoms with van der Waals surface area (Å²) in [4.78, 5) is 10.7. The van der Waals surface area contributed by atoms with Gasteiger partial charge in [-0.15, -0.1) is 0 Å². The van der Waals surface area contributed by atoms with Crippen molar-refractivity contribution < 1.29 is 15.0 Å². The minimum absolute atomic E-state index is 0.0479. The molecule has 0 aliphatic carbocycles. The van der Waals surface area contributed by atoms with E-state index in [2.05, 4.69) is 5.32 Å². The number of hydrogen-bond acceptors (Lipinski definition) is 3. The quantitative estimate of drug-likeness (QED) is 0.666. The first-order valence-corrected chi connectivity index (χ1v) is 5.76. The third-order valence-corrected chi connectivity index (χ3v) is 2.66. The SMILES string of the molecule is CC(CCO)NCc1ccccc1CC(=O)O. The summed E-state index contributed by atoms with van der Waals surface area (Å²) in [5.74, 6) is -0.819. The van der Waals surface area contributed by atoms with E-state index >= 15 is 0 Å². The third-order valence-electron chi connectivity index (χ3n) is 2.66. The molecule has 0 aliphatic heterocycles. The van der Waals surface area contributed by atoms with E-state index < -0.39 is 5.97 Å². The zero-order valence-corrected chi connectivity index (χ0v) is 10.0. The van der Waals surface area contributed by atoms with E-state index in [0.717, 1.165) is 11.1 Å². The predicted molar refractivity (Wildman–Crippen MR) is 65.8 cm³/mol. The minimum atomic E-state index is -0.819. The number of nitrogens with one attached hydrogen (secondary N) is 1. The van der Waals surface area contributed by atoms with Crippen LogP contribution in [0.25, 0.3) is 0 Å². The topological polar surface area (TPSA) is 69.6 Å². The van der Waals surface area contributed by atoms with Crippen LogP contribution in [0, 0.1) is 0 Å². The number of carboxylic acid groups (broad SMARTS) is 1. The van der Waals surface area contributed by atoms with E-state index in [1.54, 1.807) is 0 Å². The molecule has 1 aromatic carbocycles. The van der Waals surface area contributed by atoms with Crippen LogP contribution in [-0.2, 0) is 17.8 Å². The lowest BCUT2D eigenvalue weighted by Crippen LogP contribution is -2.27. The second-order valence-corrected chi connectivity index (χ2v) is 4.13. The summed E-state index contributed by atoms with van der Waals surface area (Å²) in [5.41, 5.74) is 1.84. The standard InChI is InChI=1S/C13H19NO3/c1-10(6-7-15)14-9-12-5-3-2-4-11(12)8-13(16)17/h2-5,10,14-15H,6-9H2,1H3,(H,16,17). The van der Waals surface area contributed by atoms with E-state index in [1.165, 1.54) is 0 Å². The fourth-order valence-electron chi connectivity index (χ4n) is 1.65. The van der Waals surface area contributed by atoms with Gasteiger partial charge < -0.3 is 15.5 Å². The van der Waals surface area contributed by atoms with Crippen molar-refractivity contribution in [2.24, 2.45) is 0 Å². The Morgan fingerprint density at radius 1 is 1.35 bits per heavy atom. The van der Waals surface area contributed by atoms with Gasteiger partial charge >= 0.3 is 5.97 Å². The van der Waals surface area contributed by atoms with Crippen molar-refractivity contribution in [3.63, 3.8) is 0 Å². The molecule has 0 spiro atoms. The van der Waals surface area contributed by atoms with Gasteiger partial charge in [0.2, 0.25) is 0 Å². The van der Waals surface area contributed by atoms with E-state index in [1.807, 2.05) is 31.2 Å². The largest absolute Gasteiger partial charge is 0.481 e. The summed E-state index contributed by atoms with van der Waals surface area (Å²) in [6.45, 7) is 2.78. The molecule has 0 aromatic heterocycles. The molecule has 0 fully saturated rings. The number of aliphatic hydroxyl groups excluding tert-OH is 1. The van der Waals surface area contributed by atoms with Crippen LogP contribution < -0.4 is 5.32 Å². The average Bonchev–Trinajstić information content (AvgIpc) is 2.27. The number of benzene rings is 1. The molecular formula is C13H19NO3. The number of aliphatic carboxylic acids is 1. The smallest absolute Gasteiger partial charge is 0.307 e. The number of carbonyl (C=O) groups is 1. The lowest BCUT2D eigenvalue weighted by molar-refractivity contribution is -0.136. The number of rotatable bonds is 7. The van der Waals surface area contributed by atoms with Crippen LogP contribution in [0.4, 0.5) is 0 Å². The molecule has 1 unspecified atom stereocenters. The molecule has 3 N–H and O–H groups in total. The van der Waals surface area contributed by atoms with Gasteiger partial charge in [0.15, 0.2) is 0 Å². The maximum atomic E-state index is 10.7. The highest BCUT2D eigenvalue weighted by Crippen LogP contribution is 2.10. The van der Waals surface area contributed by atoms with Crippen LogP contribution >= 0.6 is 0 Å². The molecule has 0 aliphatic rings. The number of aliphatic hydroxyl groups is 1. The second kappa shape index (κ2) is 7.04. The van der Waals surface area contributed by atoms with Crippen LogP contribution in [0.15, 0.2) is 24.3 Å². The monoisotopic (exact) mass is 237 g/mol. The molecule has 0 saturated carbocycles. The fourth-order valence-corrected chi connectivity index (χ4v) is 1.65. The van der Waals surface area contributed by atoms with E-state index in [9.17, 15) is 4.79 Å². The Kier molecular flexibility index (Phi) is 5.66. The summed E-state index contributed by atoms with van der Waals surface area (Å²) in [6, 6.07) is 7.73. The molecule has 0 bridgehead atoms. The maximum Gasteiger partial charge on any atom is 0.307 e. The number of hydrogen-bond donors (Lipinski definition) is 3. The van der Waals surface area contributed by atoms with Gasteiger partial charge in [0.25, 0.3) is 0 Å². The van der Waals surface area contributed by atoms with Gasteiger partial charge in [-0.2, -0.15) is 0 Å². The summed E-state index contributed by atoms with van der Waals surface area (Å²) >= 11 is 0. The molecule has 0 radical (unpaired) electrons. The van der Waals surface area contributed by atoms with Crippen LogP contribution in [0.2, 0.25) is 0 Å². The molecule has 4 heteroatoms. The second-order valence-electron chi connectivity index (χ2n) is 4.13. The predicted octanol–water partition coefficient (Wildman–Crippen LogP) is 1.17. The Labute approximate surface area is 101 Å². The molecule has 1 rings (SSSR count). The maximum absolute atomic E-state index is 10.7. The van der Waals surface area contributed by atoms with Crippen LogP contribution in [-0.4, -0.2) is 28.8 Å². The molecular weight excluding hydrogens is 218 g/mol.